The molecule has 1 aliphatic heterocycles. The summed E-state index contributed by atoms with van der Waals surface area (Å²) in [7, 11) is -1.23. The van der Waals surface area contributed by atoms with Gasteiger partial charge in [0.1, 0.15) is 5.84 Å². The summed E-state index contributed by atoms with van der Waals surface area (Å²) in [4.78, 5) is 28.9. The molecule has 132 valence electrons. The van der Waals surface area contributed by atoms with Crippen molar-refractivity contribution >= 4 is 24.6 Å². The Morgan fingerprint density at radius 3 is 2.44 bits per heavy atom. The quantitative estimate of drug-likeness (QED) is 0.847. The molecule has 1 aromatic carbocycles. The SMILES string of the molecule is CC(=O)C1=C(C=CN(C)C)O[B-](F)(F)N=C1NC(=O)c1ccccc1. The average molecular weight is 348 g/mol. The summed E-state index contributed by atoms with van der Waals surface area (Å²) in [6, 6.07) is 8.01. The number of halogens is 2. The van der Waals surface area contributed by atoms with Gasteiger partial charge in [0, 0.05) is 25.9 Å². The molecule has 2 rings (SSSR count). The van der Waals surface area contributed by atoms with Crippen LogP contribution in [0.25, 0.3) is 0 Å². The Kier molecular flexibility index (Phi) is 5.36. The second-order valence-corrected chi connectivity index (χ2v) is 5.55. The number of carbonyl (C=O) groups excluding carboxylic acids is 2. The van der Waals surface area contributed by atoms with Crippen LogP contribution in [0.15, 0.2) is 58.8 Å². The van der Waals surface area contributed by atoms with E-state index >= 15 is 0 Å². The fourth-order valence-corrected chi connectivity index (χ4v) is 2.11. The molecule has 0 radical (unpaired) electrons. The minimum absolute atomic E-state index is 0.213. The first-order valence-corrected chi connectivity index (χ1v) is 7.45. The van der Waals surface area contributed by atoms with Crippen molar-refractivity contribution in [1.29, 1.82) is 0 Å². The van der Waals surface area contributed by atoms with Crippen molar-refractivity contribution in [2.45, 2.75) is 6.92 Å². The van der Waals surface area contributed by atoms with E-state index in [-0.39, 0.29) is 16.9 Å². The minimum atomic E-state index is -4.60. The number of hydrogen-bond acceptors (Lipinski definition) is 5. The highest BCUT2D eigenvalue weighted by Gasteiger charge is 2.36. The van der Waals surface area contributed by atoms with E-state index in [1.54, 1.807) is 37.2 Å². The molecule has 1 heterocycles. The molecule has 0 bridgehead atoms. The number of nitrogens with zero attached hydrogens (tertiary/aromatic N) is 2. The molecular formula is C16H17BF2N3O3-. The molecule has 6 nitrogen and oxygen atoms in total. The fraction of sp³-hybridized carbons (Fsp3) is 0.188. The van der Waals surface area contributed by atoms with Gasteiger partial charge in [-0.15, -0.1) is 0 Å². The van der Waals surface area contributed by atoms with Gasteiger partial charge >= 0.3 is 7.04 Å². The van der Waals surface area contributed by atoms with E-state index in [2.05, 4.69) is 14.9 Å². The summed E-state index contributed by atoms with van der Waals surface area (Å²) in [5.41, 5.74) is 0.0379. The van der Waals surface area contributed by atoms with Gasteiger partial charge in [0.15, 0.2) is 5.78 Å². The molecule has 1 N–H and O–H groups in total. The van der Waals surface area contributed by atoms with Gasteiger partial charge in [0.05, 0.1) is 11.3 Å². The smallest absolute Gasteiger partial charge is 0.640 e. The van der Waals surface area contributed by atoms with Crippen LogP contribution in [-0.4, -0.2) is 43.6 Å². The van der Waals surface area contributed by atoms with Crippen LogP contribution >= 0.6 is 0 Å². The van der Waals surface area contributed by atoms with Crippen molar-refractivity contribution in [2.75, 3.05) is 14.1 Å². The third-order valence-corrected chi connectivity index (χ3v) is 3.18. The van der Waals surface area contributed by atoms with E-state index in [1.165, 1.54) is 31.3 Å². The van der Waals surface area contributed by atoms with Crippen molar-refractivity contribution < 1.29 is 22.9 Å². The predicted molar refractivity (Wildman–Crippen MR) is 90.9 cm³/mol. The molecule has 9 heteroatoms. The van der Waals surface area contributed by atoms with E-state index in [4.69, 9.17) is 0 Å². The van der Waals surface area contributed by atoms with Crippen molar-refractivity contribution in [1.82, 2.24) is 10.2 Å². The maximum absolute atomic E-state index is 13.8. The number of nitrogens with one attached hydrogen (secondary N) is 1. The van der Waals surface area contributed by atoms with Crippen LogP contribution < -0.4 is 5.32 Å². The number of Topliss-reactive ketones (excluding diaryl/α,β-unsaturated/α-hetero) is 1. The molecule has 0 aromatic heterocycles. The minimum Gasteiger partial charge on any atom is -0.643 e. The topological polar surface area (TPSA) is 71.0 Å². The summed E-state index contributed by atoms with van der Waals surface area (Å²) in [6.45, 7) is 1.18. The molecule has 0 spiro atoms. The normalized spacial score (nSPS) is 16.3. The van der Waals surface area contributed by atoms with E-state index in [9.17, 15) is 18.2 Å². The van der Waals surface area contributed by atoms with Gasteiger partial charge in [0.2, 0.25) is 0 Å². The molecule has 0 fully saturated rings. The van der Waals surface area contributed by atoms with Gasteiger partial charge in [-0.3, -0.25) is 9.59 Å². The number of ketones is 1. The van der Waals surface area contributed by atoms with E-state index in [0.717, 1.165) is 0 Å². The van der Waals surface area contributed by atoms with E-state index in [0.29, 0.717) is 0 Å². The van der Waals surface area contributed by atoms with Gasteiger partial charge in [-0.2, -0.15) is 0 Å². The van der Waals surface area contributed by atoms with Gasteiger partial charge in [-0.25, -0.2) is 0 Å². The fourth-order valence-electron chi connectivity index (χ4n) is 2.11. The zero-order valence-corrected chi connectivity index (χ0v) is 14.0. The van der Waals surface area contributed by atoms with Crippen LogP contribution in [0.3, 0.4) is 0 Å². The molecule has 0 saturated carbocycles. The molecule has 1 aliphatic rings. The monoisotopic (exact) mass is 348 g/mol. The van der Waals surface area contributed by atoms with Gasteiger partial charge in [0.25, 0.3) is 5.91 Å². The molecule has 25 heavy (non-hydrogen) atoms. The molecule has 0 aliphatic carbocycles. The third kappa shape index (κ3) is 4.76. The number of hydrogen-bond donors (Lipinski definition) is 1. The first kappa shape index (κ1) is 18.4. The molecule has 0 unspecified atom stereocenters. The van der Waals surface area contributed by atoms with Crippen LogP contribution in [0.4, 0.5) is 8.63 Å². The Balaban J connectivity index is 2.42. The lowest BCUT2D eigenvalue weighted by molar-refractivity contribution is -0.113. The zero-order chi connectivity index (χ0) is 18.6. The van der Waals surface area contributed by atoms with Crippen LogP contribution in [0, 0.1) is 0 Å². The maximum atomic E-state index is 13.8. The Morgan fingerprint density at radius 1 is 1.24 bits per heavy atom. The molecule has 0 atom stereocenters. The Labute approximate surface area is 143 Å². The average Bonchev–Trinajstić information content (AvgIpc) is 2.52. The summed E-state index contributed by atoms with van der Waals surface area (Å²) in [5.74, 6) is -2.06. The number of amides is 1. The van der Waals surface area contributed by atoms with Crippen LogP contribution in [0.2, 0.25) is 0 Å². The lowest BCUT2D eigenvalue weighted by Gasteiger charge is -2.31. The van der Waals surface area contributed by atoms with Crippen molar-refractivity contribution in [2.24, 2.45) is 4.90 Å². The Morgan fingerprint density at radius 2 is 1.88 bits per heavy atom. The Hall–Kier alpha value is -2.97. The Bertz CT molecular complexity index is 774. The maximum Gasteiger partial charge on any atom is 0.640 e. The summed E-state index contributed by atoms with van der Waals surface area (Å²) in [6.07, 6.45) is 2.68. The number of amidine groups is 1. The lowest BCUT2D eigenvalue weighted by atomic mass is 9.99. The van der Waals surface area contributed by atoms with Crippen molar-refractivity contribution in [3.63, 3.8) is 0 Å². The van der Waals surface area contributed by atoms with Gasteiger partial charge < -0.3 is 28.4 Å². The number of carbonyl (C=O) groups is 2. The zero-order valence-electron chi connectivity index (χ0n) is 14.0. The molecule has 0 saturated heterocycles. The van der Waals surface area contributed by atoms with E-state index in [1.807, 2.05) is 0 Å². The summed E-state index contributed by atoms with van der Waals surface area (Å²) >= 11 is 0. The number of rotatable bonds is 4. The van der Waals surface area contributed by atoms with Crippen LogP contribution in [0.5, 0.6) is 0 Å². The third-order valence-electron chi connectivity index (χ3n) is 3.18. The predicted octanol–water partition coefficient (Wildman–Crippen LogP) is 2.14. The van der Waals surface area contributed by atoms with Gasteiger partial charge in [-0.05, 0) is 25.1 Å². The standard InChI is InChI=1S/C16H17BF2N3O3/c1-11(23)14-13(9-10-22(2)3)25-17(18,19)21-15(14)20-16(24)12-7-5-4-6-8-12/h4-10H,1-3H3,(H,20,21,24)/q-1. The van der Waals surface area contributed by atoms with Crippen molar-refractivity contribution in [3.05, 3.63) is 59.5 Å². The first-order valence-electron chi connectivity index (χ1n) is 7.45. The lowest BCUT2D eigenvalue weighted by Crippen LogP contribution is -2.42. The molecule has 1 amide bonds. The highest BCUT2D eigenvalue weighted by Crippen LogP contribution is 2.26. The number of benzene rings is 1. The largest absolute Gasteiger partial charge is 0.643 e. The molecule has 1 aromatic rings. The highest BCUT2D eigenvalue weighted by atomic mass is 19.3. The summed E-state index contributed by atoms with van der Waals surface area (Å²) < 4.78 is 32.2. The van der Waals surface area contributed by atoms with E-state index < -0.39 is 24.6 Å². The van der Waals surface area contributed by atoms with Crippen LogP contribution in [-0.2, 0) is 9.45 Å². The highest BCUT2D eigenvalue weighted by molar-refractivity contribution is 6.61. The van der Waals surface area contributed by atoms with Gasteiger partial charge in [-0.1, -0.05) is 18.2 Å². The van der Waals surface area contributed by atoms with Crippen LogP contribution in [0.1, 0.15) is 17.3 Å². The number of allylic oxidation sites excluding steroid dienone is 1. The first-order chi connectivity index (χ1) is 11.7. The second-order valence-electron chi connectivity index (χ2n) is 5.55. The molecular weight excluding hydrogens is 331 g/mol. The summed E-state index contributed by atoms with van der Waals surface area (Å²) in [5, 5.41) is 2.28. The second kappa shape index (κ2) is 7.29. The van der Waals surface area contributed by atoms with Crippen molar-refractivity contribution in [3.8, 4) is 0 Å².